The molecule has 15 heavy (non-hydrogen) atoms. The van der Waals surface area contributed by atoms with E-state index < -0.39 is 30.9 Å². The summed E-state index contributed by atoms with van der Waals surface area (Å²) in [5, 5.41) is 9.27. The summed E-state index contributed by atoms with van der Waals surface area (Å²) in [6.45, 7) is -0.200. The van der Waals surface area contributed by atoms with Gasteiger partial charge >= 0.3 is 6.18 Å². The van der Waals surface area contributed by atoms with Gasteiger partial charge in [0.25, 0.3) is 0 Å². The molecule has 7 heteroatoms. The number of ether oxygens (including phenoxy) is 1. The summed E-state index contributed by atoms with van der Waals surface area (Å²) in [4.78, 5) is 12.4. The van der Waals surface area contributed by atoms with Crippen molar-refractivity contribution in [3.05, 3.63) is 0 Å². The number of amides is 1. The molecule has 0 aromatic carbocycles. The maximum absolute atomic E-state index is 11.6. The second kappa shape index (κ2) is 3.97. The van der Waals surface area contributed by atoms with Gasteiger partial charge in [-0.3, -0.25) is 4.79 Å². The minimum atomic E-state index is -4.42. The molecule has 1 aliphatic rings. The quantitative estimate of drug-likeness (QED) is 0.747. The highest BCUT2D eigenvalue weighted by Crippen LogP contribution is 2.20. The fourth-order valence-electron chi connectivity index (χ4n) is 1.30. The normalized spacial score (nSPS) is 19.9. The number of alkyl halides is 3. The zero-order valence-corrected chi connectivity index (χ0v) is 8.17. The maximum atomic E-state index is 11.6. The SMILES string of the molecule is CC1(O)CN(C(=O)COCC(F)(F)F)C1. The molecular formula is C8H12F3NO3. The van der Waals surface area contributed by atoms with Gasteiger partial charge < -0.3 is 14.7 Å². The van der Waals surface area contributed by atoms with Crippen LogP contribution in [0.1, 0.15) is 6.92 Å². The number of β-amino-alcohol motifs (C(OH)–C–C–N with tert-alkyl or cyclic N) is 1. The van der Waals surface area contributed by atoms with Crippen molar-refractivity contribution in [3.63, 3.8) is 0 Å². The minimum Gasteiger partial charge on any atom is -0.386 e. The summed E-state index contributed by atoms with van der Waals surface area (Å²) in [7, 11) is 0. The molecule has 1 saturated heterocycles. The van der Waals surface area contributed by atoms with Gasteiger partial charge in [0.15, 0.2) is 0 Å². The van der Waals surface area contributed by atoms with E-state index in [9.17, 15) is 23.1 Å². The van der Waals surface area contributed by atoms with Crippen LogP contribution in [0.15, 0.2) is 0 Å². The Bertz CT molecular complexity index is 244. The number of rotatable bonds is 3. The molecule has 0 spiro atoms. The lowest BCUT2D eigenvalue weighted by molar-refractivity contribution is -0.183. The standard InChI is InChI=1S/C8H12F3NO3/c1-7(14)3-12(4-7)6(13)2-15-5-8(9,10)11/h14H,2-5H2,1H3. The van der Waals surface area contributed by atoms with Crippen LogP contribution in [-0.2, 0) is 9.53 Å². The van der Waals surface area contributed by atoms with Gasteiger partial charge in [0.05, 0.1) is 18.7 Å². The molecule has 88 valence electrons. The Morgan fingerprint density at radius 1 is 1.53 bits per heavy atom. The van der Waals surface area contributed by atoms with Crippen LogP contribution >= 0.6 is 0 Å². The zero-order valence-electron chi connectivity index (χ0n) is 8.17. The summed E-state index contributed by atoms with van der Waals surface area (Å²) in [5.74, 6) is -0.536. The van der Waals surface area contributed by atoms with Crippen LogP contribution in [0.3, 0.4) is 0 Å². The Kier molecular flexibility index (Phi) is 3.25. The highest BCUT2D eigenvalue weighted by Gasteiger charge is 2.39. The molecule has 1 fully saturated rings. The second-order valence-electron chi connectivity index (χ2n) is 3.85. The van der Waals surface area contributed by atoms with E-state index in [4.69, 9.17) is 0 Å². The largest absolute Gasteiger partial charge is 0.411 e. The Labute approximate surface area is 84.6 Å². The van der Waals surface area contributed by atoms with Crippen LogP contribution in [0.25, 0.3) is 0 Å². The van der Waals surface area contributed by atoms with Gasteiger partial charge in [-0.2, -0.15) is 13.2 Å². The van der Waals surface area contributed by atoms with Crippen molar-refractivity contribution in [3.8, 4) is 0 Å². The highest BCUT2D eigenvalue weighted by atomic mass is 19.4. The summed E-state index contributed by atoms with van der Waals surface area (Å²) < 4.78 is 39.1. The Hall–Kier alpha value is -0.820. The predicted molar refractivity (Wildman–Crippen MR) is 44.1 cm³/mol. The first-order chi connectivity index (χ1) is 6.70. The smallest absolute Gasteiger partial charge is 0.386 e. The van der Waals surface area contributed by atoms with Crippen LogP contribution in [-0.4, -0.2) is 54.0 Å². The average Bonchev–Trinajstić information content (AvgIpc) is 1.97. The number of likely N-dealkylation sites (tertiary alicyclic amines) is 1. The molecule has 1 N–H and O–H groups in total. The number of halogens is 3. The Morgan fingerprint density at radius 3 is 2.47 bits per heavy atom. The molecule has 4 nitrogen and oxygen atoms in total. The molecule has 1 amide bonds. The number of hydrogen-bond acceptors (Lipinski definition) is 3. The maximum Gasteiger partial charge on any atom is 0.411 e. The van der Waals surface area contributed by atoms with Gasteiger partial charge in [-0.05, 0) is 6.92 Å². The van der Waals surface area contributed by atoms with Gasteiger partial charge in [0.2, 0.25) is 5.91 Å². The molecule has 0 atom stereocenters. The van der Waals surface area contributed by atoms with Gasteiger partial charge in [-0.15, -0.1) is 0 Å². The van der Waals surface area contributed by atoms with E-state index in [1.54, 1.807) is 6.92 Å². The minimum absolute atomic E-state index is 0.140. The first-order valence-corrected chi connectivity index (χ1v) is 4.34. The molecule has 0 aliphatic carbocycles. The van der Waals surface area contributed by atoms with Crippen LogP contribution in [0.5, 0.6) is 0 Å². The molecule has 1 aliphatic heterocycles. The molecule has 0 radical (unpaired) electrons. The fraction of sp³-hybridized carbons (Fsp3) is 0.875. The number of carbonyl (C=O) groups excluding carboxylic acids is 1. The molecule has 0 aromatic rings. The van der Waals surface area contributed by atoms with E-state index >= 15 is 0 Å². The number of nitrogens with zero attached hydrogens (tertiary/aromatic N) is 1. The topological polar surface area (TPSA) is 49.8 Å². The molecule has 0 unspecified atom stereocenters. The van der Waals surface area contributed by atoms with Crippen molar-refractivity contribution < 1.29 is 27.8 Å². The Balaban J connectivity index is 2.16. The summed E-state index contributed by atoms with van der Waals surface area (Å²) in [6.07, 6.45) is -4.42. The van der Waals surface area contributed by atoms with Crippen molar-refractivity contribution in [1.82, 2.24) is 4.90 Å². The van der Waals surface area contributed by atoms with E-state index in [1.165, 1.54) is 4.90 Å². The van der Waals surface area contributed by atoms with Crippen molar-refractivity contribution in [2.75, 3.05) is 26.3 Å². The van der Waals surface area contributed by atoms with E-state index in [2.05, 4.69) is 4.74 Å². The van der Waals surface area contributed by atoms with E-state index in [-0.39, 0.29) is 13.1 Å². The van der Waals surface area contributed by atoms with Crippen LogP contribution in [0, 0.1) is 0 Å². The lowest BCUT2D eigenvalue weighted by Crippen LogP contribution is -2.62. The molecule has 0 saturated carbocycles. The first kappa shape index (κ1) is 12.3. The number of aliphatic hydroxyl groups is 1. The monoisotopic (exact) mass is 227 g/mol. The number of carbonyl (C=O) groups is 1. The first-order valence-electron chi connectivity index (χ1n) is 4.34. The molecule has 1 rings (SSSR count). The van der Waals surface area contributed by atoms with Gasteiger partial charge in [-0.25, -0.2) is 0 Å². The summed E-state index contributed by atoms with van der Waals surface area (Å²) in [5.41, 5.74) is -0.917. The van der Waals surface area contributed by atoms with Crippen molar-refractivity contribution >= 4 is 5.91 Å². The van der Waals surface area contributed by atoms with Crippen molar-refractivity contribution in [2.24, 2.45) is 0 Å². The second-order valence-corrected chi connectivity index (χ2v) is 3.85. The predicted octanol–water partition coefficient (Wildman–Crippen LogP) is 0.159. The van der Waals surface area contributed by atoms with Gasteiger partial charge in [0.1, 0.15) is 13.2 Å². The van der Waals surface area contributed by atoms with Crippen LogP contribution < -0.4 is 0 Å². The fourth-order valence-corrected chi connectivity index (χ4v) is 1.30. The van der Waals surface area contributed by atoms with E-state index in [0.717, 1.165) is 0 Å². The molecule has 1 heterocycles. The lowest BCUT2D eigenvalue weighted by atomic mass is 9.97. The lowest BCUT2D eigenvalue weighted by Gasteiger charge is -2.44. The molecular weight excluding hydrogens is 215 g/mol. The van der Waals surface area contributed by atoms with Crippen LogP contribution in [0.4, 0.5) is 13.2 Å². The third-order valence-electron chi connectivity index (χ3n) is 1.91. The van der Waals surface area contributed by atoms with Crippen molar-refractivity contribution in [2.45, 2.75) is 18.7 Å². The van der Waals surface area contributed by atoms with Crippen LogP contribution in [0.2, 0.25) is 0 Å². The Morgan fingerprint density at radius 2 is 2.07 bits per heavy atom. The molecule has 0 bridgehead atoms. The number of hydrogen-bond donors (Lipinski definition) is 1. The summed E-state index contributed by atoms with van der Waals surface area (Å²) >= 11 is 0. The van der Waals surface area contributed by atoms with E-state index in [1.807, 2.05) is 0 Å². The third-order valence-corrected chi connectivity index (χ3v) is 1.91. The third kappa shape index (κ3) is 4.05. The summed E-state index contributed by atoms with van der Waals surface area (Å²) in [6, 6.07) is 0. The van der Waals surface area contributed by atoms with Gasteiger partial charge in [0, 0.05) is 0 Å². The zero-order chi connectivity index (χ0) is 11.7. The molecule has 0 aromatic heterocycles. The van der Waals surface area contributed by atoms with Gasteiger partial charge in [-0.1, -0.05) is 0 Å². The average molecular weight is 227 g/mol. The van der Waals surface area contributed by atoms with Crippen molar-refractivity contribution in [1.29, 1.82) is 0 Å². The highest BCUT2D eigenvalue weighted by molar-refractivity contribution is 5.78. The van der Waals surface area contributed by atoms with E-state index in [0.29, 0.717) is 0 Å².